The Labute approximate surface area is 137 Å². The molecule has 0 spiro atoms. The first-order valence-electron chi connectivity index (χ1n) is 7.51. The Bertz CT molecular complexity index is 684. The Kier molecular flexibility index (Phi) is 3.50. The number of nitrogens with one attached hydrogen (secondary N) is 1. The van der Waals surface area contributed by atoms with E-state index in [1.165, 1.54) is 0 Å². The average molecular weight is 361 g/mol. The van der Waals surface area contributed by atoms with Gasteiger partial charge in [-0.15, -0.1) is 0 Å². The molecule has 2 aromatic rings. The summed E-state index contributed by atoms with van der Waals surface area (Å²) in [6.07, 6.45) is 3.48. The van der Waals surface area contributed by atoms with E-state index < -0.39 is 0 Å². The molecule has 1 aromatic heterocycles. The molecule has 0 bridgehead atoms. The third-order valence-electron chi connectivity index (χ3n) is 4.60. The van der Waals surface area contributed by atoms with Gasteiger partial charge < -0.3 is 10.2 Å². The highest BCUT2D eigenvalue weighted by Crippen LogP contribution is 2.27. The predicted octanol–water partition coefficient (Wildman–Crippen LogP) is 1.93. The van der Waals surface area contributed by atoms with Crippen LogP contribution in [0.1, 0.15) is 10.4 Å². The highest BCUT2D eigenvalue weighted by atomic mass is 79.9. The molecule has 5 nitrogen and oxygen atoms in total. The van der Waals surface area contributed by atoms with Crippen LogP contribution in [-0.2, 0) is 0 Å². The van der Waals surface area contributed by atoms with Crippen molar-refractivity contribution in [2.45, 2.75) is 0 Å². The second-order valence-corrected chi connectivity index (χ2v) is 6.95. The number of carbonyl (C=O) groups is 1. The number of amides is 1. The second kappa shape index (κ2) is 5.52. The van der Waals surface area contributed by atoms with Gasteiger partial charge in [-0.3, -0.25) is 4.79 Å². The fourth-order valence-corrected chi connectivity index (χ4v) is 3.64. The lowest BCUT2D eigenvalue weighted by atomic mass is 10.0. The highest BCUT2D eigenvalue weighted by Gasteiger charge is 2.38. The van der Waals surface area contributed by atoms with Crippen molar-refractivity contribution in [3.05, 3.63) is 46.7 Å². The normalized spacial score (nSPS) is 23.8. The van der Waals surface area contributed by atoms with Gasteiger partial charge in [-0.05, 0) is 36.1 Å². The van der Waals surface area contributed by atoms with Gasteiger partial charge in [-0.2, -0.15) is 5.10 Å². The van der Waals surface area contributed by atoms with Crippen LogP contribution in [0.15, 0.2) is 41.1 Å². The Hall–Kier alpha value is -1.66. The van der Waals surface area contributed by atoms with Crippen molar-refractivity contribution in [1.82, 2.24) is 20.0 Å². The Morgan fingerprint density at radius 1 is 1.18 bits per heavy atom. The molecule has 6 heteroatoms. The minimum Gasteiger partial charge on any atom is -0.338 e. The van der Waals surface area contributed by atoms with Crippen molar-refractivity contribution in [3.63, 3.8) is 0 Å². The van der Waals surface area contributed by atoms with Crippen molar-refractivity contribution in [1.29, 1.82) is 0 Å². The average Bonchev–Trinajstić information content (AvgIpc) is 3.22. The molecule has 0 aliphatic carbocycles. The van der Waals surface area contributed by atoms with E-state index >= 15 is 0 Å². The molecule has 0 unspecified atom stereocenters. The number of aromatic nitrogens is 2. The summed E-state index contributed by atoms with van der Waals surface area (Å²) in [6.45, 7) is 3.79. The molecule has 4 rings (SSSR count). The summed E-state index contributed by atoms with van der Waals surface area (Å²) in [5.74, 6) is 1.33. The maximum absolute atomic E-state index is 12.6. The zero-order valence-corrected chi connectivity index (χ0v) is 13.7. The van der Waals surface area contributed by atoms with Crippen LogP contribution in [0, 0.1) is 11.8 Å². The maximum atomic E-state index is 12.6. The zero-order valence-electron chi connectivity index (χ0n) is 12.1. The van der Waals surface area contributed by atoms with E-state index in [0.29, 0.717) is 17.4 Å². The lowest BCUT2D eigenvalue weighted by Gasteiger charge is -2.16. The first-order chi connectivity index (χ1) is 10.7. The van der Waals surface area contributed by atoms with Crippen LogP contribution >= 0.6 is 15.9 Å². The molecule has 1 N–H and O–H groups in total. The molecular weight excluding hydrogens is 344 g/mol. The summed E-state index contributed by atoms with van der Waals surface area (Å²) < 4.78 is 2.77. The number of hydrogen-bond acceptors (Lipinski definition) is 3. The maximum Gasteiger partial charge on any atom is 0.257 e. The van der Waals surface area contributed by atoms with Crippen LogP contribution in [0.4, 0.5) is 0 Å². The number of rotatable bonds is 2. The van der Waals surface area contributed by atoms with Crippen molar-refractivity contribution in [3.8, 4) is 5.69 Å². The lowest BCUT2D eigenvalue weighted by molar-refractivity contribution is 0.0781. The van der Waals surface area contributed by atoms with Gasteiger partial charge >= 0.3 is 0 Å². The summed E-state index contributed by atoms with van der Waals surface area (Å²) in [5, 5.41) is 7.72. The first-order valence-corrected chi connectivity index (χ1v) is 8.30. The number of carbonyl (C=O) groups excluding carboxylic acids is 1. The zero-order chi connectivity index (χ0) is 15.1. The molecule has 1 aromatic carbocycles. The summed E-state index contributed by atoms with van der Waals surface area (Å²) in [5.41, 5.74) is 1.61. The first kappa shape index (κ1) is 14.0. The number of likely N-dealkylation sites (tertiary alicyclic amines) is 1. The largest absolute Gasteiger partial charge is 0.338 e. The van der Waals surface area contributed by atoms with E-state index in [1.807, 2.05) is 35.4 Å². The molecule has 0 saturated carbocycles. The van der Waals surface area contributed by atoms with Gasteiger partial charge in [0.1, 0.15) is 0 Å². The van der Waals surface area contributed by atoms with Gasteiger partial charge in [0.25, 0.3) is 5.91 Å². The van der Waals surface area contributed by atoms with E-state index in [0.717, 1.165) is 36.3 Å². The van der Waals surface area contributed by atoms with Crippen LogP contribution in [0.25, 0.3) is 5.69 Å². The van der Waals surface area contributed by atoms with E-state index in [4.69, 9.17) is 0 Å². The fraction of sp³-hybridized carbons (Fsp3) is 0.375. The van der Waals surface area contributed by atoms with Crippen molar-refractivity contribution in [2.75, 3.05) is 26.2 Å². The molecule has 2 aliphatic heterocycles. The van der Waals surface area contributed by atoms with Crippen LogP contribution in [0.3, 0.4) is 0 Å². The third kappa shape index (κ3) is 2.46. The number of nitrogens with zero attached hydrogens (tertiary/aromatic N) is 3. The third-order valence-corrected chi connectivity index (χ3v) is 5.13. The summed E-state index contributed by atoms with van der Waals surface area (Å²) >= 11 is 3.42. The molecule has 22 heavy (non-hydrogen) atoms. The minimum atomic E-state index is 0.0951. The quantitative estimate of drug-likeness (QED) is 0.889. The Morgan fingerprint density at radius 2 is 1.86 bits per heavy atom. The van der Waals surface area contributed by atoms with Crippen molar-refractivity contribution < 1.29 is 4.79 Å². The van der Waals surface area contributed by atoms with Crippen LogP contribution in [-0.4, -0.2) is 46.8 Å². The highest BCUT2D eigenvalue weighted by molar-refractivity contribution is 9.10. The SMILES string of the molecule is O=C(c1cnn(-c2ccc(Br)cc2)c1)N1C[C@H]2CNC[C@H]2C1. The van der Waals surface area contributed by atoms with E-state index in [2.05, 4.69) is 26.3 Å². The van der Waals surface area contributed by atoms with Gasteiger partial charge in [-0.25, -0.2) is 4.68 Å². The molecular formula is C16H17BrN4O. The predicted molar refractivity (Wildman–Crippen MR) is 87.0 cm³/mol. The monoisotopic (exact) mass is 360 g/mol. The fourth-order valence-electron chi connectivity index (χ4n) is 3.37. The molecule has 3 heterocycles. The van der Waals surface area contributed by atoms with Crippen molar-refractivity contribution in [2.24, 2.45) is 11.8 Å². The number of fused-ring (bicyclic) bond motifs is 1. The van der Waals surface area contributed by atoms with Gasteiger partial charge in [-0.1, -0.05) is 15.9 Å². The molecule has 2 aliphatic rings. The summed E-state index contributed by atoms with van der Waals surface area (Å²) in [4.78, 5) is 14.6. The van der Waals surface area contributed by atoms with Crippen LogP contribution < -0.4 is 5.32 Å². The lowest BCUT2D eigenvalue weighted by Crippen LogP contribution is -2.31. The standard InChI is InChI=1S/C16H17BrN4O/c17-14-1-3-15(4-2-14)21-10-13(7-19-21)16(22)20-8-11-5-18-6-12(11)9-20/h1-4,7,10-12,18H,5-6,8-9H2/t11-,12+. The summed E-state index contributed by atoms with van der Waals surface area (Å²) in [7, 11) is 0. The van der Waals surface area contributed by atoms with Gasteiger partial charge in [0.15, 0.2) is 0 Å². The number of benzene rings is 1. The van der Waals surface area contributed by atoms with E-state index in [1.54, 1.807) is 10.9 Å². The summed E-state index contributed by atoms with van der Waals surface area (Å²) in [6, 6.07) is 7.87. The number of hydrogen-bond donors (Lipinski definition) is 1. The van der Waals surface area contributed by atoms with E-state index in [9.17, 15) is 4.79 Å². The molecule has 0 radical (unpaired) electrons. The van der Waals surface area contributed by atoms with E-state index in [-0.39, 0.29) is 5.91 Å². The molecule has 1 amide bonds. The van der Waals surface area contributed by atoms with Crippen LogP contribution in [0.2, 0.25) is 0 Å². The van der Waals surface area contributed by atoms with Crippen molar-refractivity contribution >= 4 is 21.8 Å². The number of halogens is 1. The van der Waals surface area contributed by atoms with Gasteiger partial charge in [0, 0.05) is 36.8 Å². The van der Waals surface area contributed by atoms with Gasteiger partial charge in [0.2, 0.25) is 0 Å². The molecule has 2 saturated heterocycles. The van der Waals surface area contributed by atoms with Gasteiger partial charge in [0.05, 0.1) is 17.4 Å². The molecule has 114 valence electrons. The second-order valence-electron chi connectivity index (χ2n) is 6.04. The molecule has 2 fully saturated rings. The van der Waals surface area contributed by atoms with Crippen LogP contribution in [0.5, 0.6) is 0 Å². The topological polar surface area (TPSA) is 50.2 Å². The minimum absolute atomic E-state index is 0.0951. The Balaban J connectivity index is 1.51. The smallest absolute Gasteiger partial charge is 0.257 e. The molecule has 2 atom stereocenters. The Morgan fingerprint density at radius 3 is 2.55 bits per heavy atom.